The fraction of sp³-hybridized carbons (Fsp3) is 0.786. The maximum Gasteiger partial charge on any atom is 0.306 e. The van der Waals surface area contributed by atoms with Crippen molar-refractivity contribution in [1.82, 2.24) is 25.9 Å². The highest BCUT2D eigenvalue weighted by atomic mass is 16.5. The summed E-state index contributed by atoms with van der Waals surface area (Å²) in [5.41, 5.74) is 12.2. The van der Waals surface area contributed by atoms with E-state index in [1.807, 2.05) is 0 Å². The number of carboxylic acid groups (broad SMARTS) is 2. The highest BCUT2D eigenvalue weighted by Crippen LogP contribution is 2.18. The number of hydrogen-bond acceptors (Lipinski definition) is 17. The van der Waals surface area contributed by atoms with E-state index in [1.54, 1.807) is 6.20 Å². The van der Waals surface area contributed by atoms with E-state index in [1.165, 1.54) is 58.2 Å². The van der Waals surface area contributed by atoms with Gasteiger partial charge >= 0.3 is 11.9 Å². The maximum absolute atomic E-state index is 13.2. The van der Waals surface area contributed by atoms with Crippen molar-refractivity contribution < 1.29 is 77.4 Å². The monoisotopic (exact) mass is 1120 g/mol. The number of aromatic amines is 1. The van der Waals surface area contributed by atoms with E-state index >= 15 is 0 Å². The van der Waals surface area contributed by atoms with Crippen LogP contribution in [0.3, 0.4) is 0 Å². The van der Waals surface area contributed by atoms with Crippen LogP contribution < -0.4 is 27.4 Å². The fourth-order valence-electron chi connectivity index (χ4n) is 8.62. The summed E-state index contributed by atoms with van der Waals surface area (Å²) in [5, 5.41) is 36.7. The number of hydrogen-bond donors (Lipinski definition) is 9. The quantitative estimate of drug-likeness (QED) is 0.0412. The first kappa shape index (κ1) is 72.0. The van der Waals surface area contributed by atoms with Crippen molar-refractivity contribution in [2.24, 2.45) is 23.3 Å². The number of ketones is 4. The first-order valence-corrected chi connectivity index (χ1v) is 28.8. The van der Waals surface area contributed by atoms with Crippen LogP contribution in [0.15, 0.2) is 12.5 Å². The van der Waals surface area contributed by atoms with Gasteiger partial charge in [-0.15, -0.1) is 0 Å². The third kappa shape index (κ3) is 41.6. The zero-order chi connectivity index (χ0) is 58.3. The highest BCUT2D eigenvalue weighted by molar-refractivity contribution is 5.88. The molecule has 0 aliphatic rings. The standard InChI is InChI=1S/C56H97N7O16/c1-42(64)47(55(58)73)24-25-50(67)49(62-38-51(68)48(57)36-44-37-59-41-63-44)21-16-17-27-60-53(70)40-79-34-31-76-29-18-20-46(66)39-78-33-32-77-30-28-61-52(69)26-23-43(56(74)75)35-45(65)19-14-12-10-8-6-4-2-3-5-7-9-11-13-15-22-54(71)72/h37,41-43,47-49,62,64H,2-36,38-40,57H2,1H3,(H2,58,73)(H,59,63)(H,60,70)(H,61,69)(H,71,72)(H,74,75)/t42-,43-,47+,48+,49+/m1/s1. The molecule has 0 aliphatic heterocycles. The van der Waals surface area contributed by atoms with Gasteiger partial charge in [0.25, 0.3) is 0 Å². The molecule has 23 nitrogen and oxygen atoms in total. The number of amides is 3. The number of aliphatic hydroxyl groups is 1. The van der Waals surface area contributed by atoms with Gasteiger partial charge in [-0.1, -0.05) is 77.0 Å². The lowest BCUT2D eigenvalue weighted by Gasteiger charge is -2.21. The minimum Gasteiger partial charge on any atom is -0.481 e. The molecule has 1 aromatic rings. The lowest BCUT2D eigenvalue weighted by atomic mass is 9.93. The number of aliphatic carboxylic acids is 2. The average molecular weight is 1120 g/mol. The Morgan fingerprint density at radius 3 is 1.75 bits per heavy atom. The summed E-state index contributed by atoms with van der Waals surface area (Å²) >= 11 is 0. The predicted octanol–water partition coefficient (Wildman–Crippen LogP) is 4.22. The lowest BCUT2D eigenvalue weighted by molar-refractivity contribution is -0.144. The SMILES string of the molecule is C[C@@H](O)[C@H](CCC(=O)[C@H](CCCCNC(=O)COCCOCCCC(=O)COCCOCCNC(=O)CC[C@H](CC(=O)CCCCCCCCCCCCCCCCC(=O)O)C(=O)O)NCC(=O)[C@@H](N)Cc1cnc[nH]1)C(N)=O. The van der Waals surface area contributed by atoms with Gasteiger partial charge < -0.3 is 66.7 Å². The predicted molar refractivity (Wildman–Crippen MR) is 295 cm³/mol. The summed E-state index contributed by atoms with van der Waals surface area (Å²) in [5.74, 6) is -5.69. The number of ether oxygens (including phenoxy) is 4. The molecular weight excluding hydrogens is 1030 g/mol. The fourth-order valence-corrected chi connectivity index (χ4v) is 8.62. The second kappa shape index (κ2) is 47.7. The van der Waals surface area contributed by atoms with E-state index in [2.05, 4.69) is 25.9 Å². The number of rotatable bonds is 57. The number of unbranched alkanes of at least 4 members (excludes halogenated alkanes) is 14. The molecule has 5 atom stereocenters. The molecule has 0 spiro atoms. The van der Waals surface area contributed by atoms with E-state index < -0.39 is 47.9 Å². The number of Topliss-reactive ketones (excluding diaryl/α,β-unsaturated/α-hetero) is 4. The Morgan fingerprint density at radius 2 is 1.16 bits per heavy atom. The number of carboxylic acids is 2. The van der Waals surface area contributed by atoms with Crippen molar-refractivity contribution in [2.45, 2.75) is 198 Å². The largest absolute Gasteiger partial charge is 0.481 e. The van der Waals surface area contributed by atoms with Crippen LogP contribution in [0.25, 0.3) is 0 Å². The Hall–Kier alpha value is -5.04. The summed E-state index contributed by atoms with van der Waals surface area (Å²) in [6.07, 6.45) is 20.2. The molecular formula is C56H97N7O16. The molecule has 0 fully saturated rings. The maximum atomic E-state index is 13.2. The highest BCUT2D eigenvalue weighted by Gasteiger charge is 2.26. The summed E-state index contributed by atoms with van der Waals surface area (Å²) < 4.78 is 21.7. The number of H-pyrrole nitrogens is 1. The van der Waals surface area contributed by atoms with Gasteiger partial charge in [-0.2, -0.15) is 0 Å². The zero-order valence-electron chi connectivity index (χ0n) is 47.2. The van der Waals surface area contributed by atoms with Crippen LogP contribution in [-0.2, 0) is 68.5 Å². The van der Waals surface area contributed by atoms with Gasteiger partial charge in [0.15, 0.2) is 11.6 Å². The number of primary amides is 1. The number of carbonyl (C=O) groups is 9. The first-order valence-electron chi connectivity index (χ1n) is 28.8. The Bertz CT molecular complexity index is 1850. The molecule has 11 N–H and O–H groups in total. The normalized spacial score (nSPS) is 13.3. The van der Waals surface area contributed by atoms with Gasteiger partial charge in [-0.05, 0) is 58.3 Å². The van der Waals surface area contributed by atoms with E-state index in [9.17, 15) is 53.4 Å². The number of aromatic nitrogens is 2. The van der Waals surface area contributed by atoms with Gasteiger partial charge in [-0.25, -0.2) is 4.98 Å². The molecule has 1 rings (SSSR count). The smallest absolute Gasteiger partial charge is 0.306 e. The number of carbonyl (C=O) groups excluding carboxylic acids is 7. The lowest BCUT2D eigenvalue weighted by Crippen LogP contribution is -2.45. The van der Waals surface area contributed by atoms with Crippen molar-refractivity contribution in [3.63, 3.8) is 0 Å². The molecule has 1 aromatic heterocycles. The number of aliphatic hydroxyl groups excluding tert-OH is 1. The van der Waals surface area contributed by atoms with Crippen LogP contribution in [-0.4, -0.2) is 169 Å². The topological polar surface area (TPSA) is 368 Å². The molecule has 23 heteroatoms. The van der Waals surface area contributed by atoms with E-state index in [-0.39, 0.29) is 146 Å². The van der Waals surface area contributed by atoms with Crippen LogP contribution in [0.5, 0.6) is 0 Å². The first-order chi connectivity index (χ1) is 38.0. The molecule has 1 heterocycles. The summed E-state index contributed by atoms with van der Waals surface area (Å²) in [6, 6.07) is -1.54. The van der Waals surface area contributed by atoms with Crippen molar-refractivity contribution in [3.05, 3.63) is 18.2 Å². The summed E-state index contributed by atoms with van der Waals surface area (Å²) in [6.45, 7) is 2.85. The second-order valence-electron chi connectivity index (χ2n) is 20.4. The van der Waals surface area contributed by atoms with Crippen molar-refractivity contribution >= 4 is 52.8 Å². The molecule has 0 unspecified atom stereocenters. The van der Waals surface area contributed by atoms with Crippen LogP contribution in [0.4, 0.5) is 0 Å². The average Bonchev–Trinajstić information content (AvgIpc) is 3.92. The molecule has 0 aromatic carbocycles. The van der Waals surface area contributed by atoms with E-state index in [4.69, 9.17) is 35.5 Å². The van der Waals surface area contributed by atoms with Gasteiger partial charge in [0.2, 0.25) is 17.7 Å². The number of nitrogens with zero attached hydrogens (tertiary/aromatic N) is 1. The Balaban J connectivity index is 2.06. The molecule has 79 heavy (non-hydrogen) atoms. The number of imidazole rings is 1. The van der Waals surface area contributed by atoms with E-state index in [0.717, 1.165) is 44.9 Å². The van der Waals surface area contributed by atoms with Crippen molar-refractivity contribution in [2.75, 3.05) is 72.5 Å². The van der Waals surface area contributed by atoms with Gasteiger partial charge in [-0.3, -0.25) is 43.2 Å². The molecule has 0 saturated carbocycles. The van der Waals surface area contributed by atoms with Crippen LogP contribution in [0.1, 0.15) is 180 Å². The summed E-state index contributed by atoms with van der Waals surface area (Å²) in [7, 11) is 0. The summed E-state index contributed by atoms with van der Waals surface area (Å²) in [4.78, 5) is 116. The molecule has 3 amide bonds. The Morgan fingerprint density at radius 1 is 0.595 bits per heavy atom. The second-order valence-corrected chi connectivity index (χ2v) is 20.4. The molecule has 0 aliphatic carbocycles. The minimum atomic E-state index is -1.08. The van der Waals surface area contributed by atoms with Crippen LogP contribution in [0, 0.1) is 11.8 Å². The number of nitrogens with one attached hydrogen (secondary N) is 4. The number of nitrogens with two attached hydrogens (primary N) is 2. The van der Waals surface area contributed by atoms with E-state index in [0.29, 0.717) is 50.9 Å². The van der Waals surface area contributed by atoms with Gasteiger partial charge in [0.1, 0.15) is 24.8 Å². The molecule has 0 bridgehead atoms. The zero-order valence-corrected chi connectivity index (χ0v) is 47.2. The third-order valence-electron chi connectivity index (χ3n) is 13.4. The van der Waals surface area contributed by atoms with Crippen LogP contribution >= 0.6 is 0 Å². The van der Waals surface area contributed by atoms with Gasteiger partial charge in [0, 0.05) is 76.5 Å². The molecule has 0 radical (unpaired) electrons. The third-order valence-corrected chi connectivity index (χ3v) is 13.4. The van der Waals surface area contributed by atoms with Crippen LogP contribution in [0.2, 0.25) is 0 Å². The molecule has 452 valence electrons. The minimum absolute atomic E-state index is 0.0174. The van der Waals surface area contributed by atoms with Gasteiger partial charge in [0.05, 0.1) is 75.9 Å². The van der Waals surface area contributed by atoms with Crippen molar-refractivity contribution in [1.29, 1.82) is 0 Å². The Kier molecular flexibility index (Phi) is 43.5. The Labute approximate surface area is 467 Å². The molecule has 0 saturated heterocycles. The van der Waals surface area contributed by atoms with Crippen molar-refractivity contribution in [3.8, 4) is 0 Å².